The maximum absolute atomic E-state index is 5.75. The van der Waals surface area contributed by atoms with Crippen molar-refractivity contribution in [3.63, 3.8) is 0 Å². The van der Waals surface area contributed by atoms with Gasteiger partial charge in [0.2, 0.25) is 0 Å². The van der Waals surface area contributed by atoms with E-state index in [1.165, 1.54) is 0 Å². The molecule has 11 heteroatoms. The zero-order valence-corrected chi connectivity index (χ0v) is 19.8. The monoisotopic (exact) mass is 447 g/mol. The fourth-order valence-corrected chi connectivity index (χ4v) is 3.15. The molecule has 0 fully saturated rings. The molecule has 0 aromatic rings. The largest absolute Gasteiger partial charge is 0.329 e. The lowest BCUT2D eigenvalue weighted by molar-refractivity contribution is 0.259. The van der Waals surface area contributed by atoms with Crippen LogP contribution in [-0.2, 0) is 0 Å². The first-order valence-corrected chi connectivity index (χ1v) is 12.1. The molecule has 0 unspecified atom stereocenters. The quantitative estimate of drug-likeness (QED) is 0.0584. The predicted molar refractivity (Wildman–Crippen MR) is 133 cm³/mol. The summed E-state index contributed by atoms with van der Waals surface area (Å²) in [7, 11) is 0. The van der Waals surface area contributed by atoms with E-state index in [2.05, 4.69) is 36.4 Å². The smallest absolute Gasteiger partial charge is 0.0108 e. The Morgan fingerprint density at radius 1 is 0.323 bits per heavy atom. The van der Waals surface area contributed by atoms with Crippen LogP contribution in [0.25, 0.3) is 0 Å². The fraction of sp³-hybridized carbons (Fsp3) is 1.00. The number of nitrogens with one attached hydrogen (secondary N) is 5. The van der Waals surface area contributed by atoms with Crippen molar-refractivity contribution in [2.24, 2.45) is 22.9 Å². The van der Waals surface area contributed by atoms with Gasteiger partial charge in [-0.1, -0.05) is 0 Å². The first kappa shape index (κ1) is 30.6. The van der Waals surface area contributed by atoms with Gasteiger partial charge in [-0.25, -0.2) is 0 Å². The van der Waals surface area contributed by atoms with Crippen molar-refractivity contribution < 1.29 is 0 Å². The SMILES string of the molecule is NCCNCCNCCN(CCNCCN)CCNCCN(CCN)CCNCCN. The van der Waals surface area contributed by atoms with Crippen LogP contribution in [0.1, 0.15) is 0 Å². The summed E-state index contributed by atoms with van der Waals surface area (Å²) in [4.78, 5) is 4.89. The van der Waals surface area contributed by atoms with Crippen molar-refractivity contribution in [3.8, 4) is 0 Å². The van der Waals surface area contributed by atoms with Crippen LogP contribution >= 0.6 is 0 Å². The zero-order valence-electron chi connectivity index (χ0n) is 19.8. The third-order valence-corrected chi connectivity index (χ3v) is 4.91. The van der Waals surface area contributed by atoms with E-state index in [1.54, 1.807) is 0 Å². The van der Waals surface area contributed by atoms with Crippen molar-refractivity contribution in [3.05, 3.63) is 0 Å². The molecule has 11 nitrogen and oxygen atoms in total. The number of rotatable bonds is 26. The van der Waals surface area contributed by atoms with Gasteiger partial charge in [0.05, 0.1) is 0 Å². The van der Waals surface area contributed by atoms with E-state index in [0.29, 0.717) is 26.2 Å². The average molecular weight is 448 g/mol. The molecule has 0 heterocycles. The van der Waals surface area contributed by atoms with Gasteiger partial charge in [-0.05, 0) is 0 Å². The summed E-state index contributed by atoms with van der Waals surface area (Å²) in [6, 6.07) is 0. The summed E-state index contributed by atoms with van der Waals surface area (Å²) < 4.78 is 0. The van der Waals surface area contributed by atoms with E-state index in [4.69, 9.17) is 22.9 Å². The van der Waals surface area contributed by atoms with Crippen LogP contribution in [0.4, 0.5) is 0 Å². The summed E-state index contributed by atoms with van der Waals surface area (Å²) in [6.45, 7) is 18.2. The number of nitrogens with zero attached hydrogens (tertiary/aromatic N) is 2. The highest BCUT2D eigenvalue weighted by Gasteiger charge is 2.06. The molecule has 13 N–H and O–H groups in total. The Labute approximate surface area is 190 Å². The summed E-state index contributed by atoms with van der Waals surface area (Å²) in [5, 5.41) is 17.1. The molecule has 31 heavy (non-hydrogen) atoms. The minimum Gasteiger partial charge on any atom is -0.329 e. The Bertz CT molecular complexity index is 336. The molecule has 0 aliphatic rings. The molecular weight excluding hydrogens is 394 g/mol. The topological polar surface area (TPSA) is 171 Å². The van der Waals surface area contributed by atoms with Crippen molar-refractivity contribution in [2.45, 2.75) is 0 Å². The van der Waals surface area contributed by atoms with Gasteiger partial charge in [0.25, 0.3) is 0 Å². The number of hydrogen-bond acceptors (Lipinski definition) is 11. The molecule has 0 aliphatic heterocycles. The Balaban J connectivity index is 3.99. The van der Waals surface area contributed by atoms with Gasteiger partial charge in [-0.3, -0.25) is 9.80 Å². The first-order chi connectivity index (χ1) is 15.3. The van der Waals surface area contributed by atoms with Gasteiger partial charge < -0.3 is 49.5 Å². The number of nitrogens with two attached hydrogens (primary N) is 4. The molecule has 188 valence electrons. The molecule has 0 amide bonds. The Hall–Kier alpha value is -0.440. The van der Waals surface area contributed by atoms with Crippen LogP contribution in [0.5, 0.6) is 0 Å². The average Bonchev–Trinajstić information content (AvgIpc) is 2.78. The molecular formula is C20H53N11. The van der Waals surface area contributed by atoms with E-state index in [1.807, 2.05) is 0 Å². The second kappa shape index (κ2) is 25.8. The Morgan fingerprint density at radius 3 is 0.968 bits per heavy atom. The maximum atomic E-state index is 5.75. The van der Waals surface area contributed by atoms with Gasteiger partial charge >= 0.3 is 0 Å². The number of hydrogen-bond donors (Lipinski definition) is 9. The van der Waals surface area contributed by atoms with Crippen molar-refractivity contribution in [1.82, 2.24) is 36.4 Å². The zero-order chi connectivity index (χ0) is 22.8. The van der Waals surface area contributed by atoms with Crippen molar-refractivity contribution >= 4 is 0 Å². The standard InChI is InChI=1S/C20H53N11/c21-1-5-25-8-9-28-12-19-31(18-11-27-7-3-23)20-14-29-13-17-30(15-4-24)16-10-26-6-2-22/h25-29H,1-24H2. The Morgan fingerprint density at radius 2 is 0.613 bits per heavy atom. The highest BCUT2D eigenvalue weighted by atomic mass is 15.2. The second-order valence-corrected chi connectivity index (χ2v) is 7.59. The predicted octanol–water partition coefficient (Wildman–Crippen LogP) is -4.63. The van der Waals surface area contributed by atoms with E-state index < -0.39 is 0 Å². The molecule has 0 atom stereocenters. The van der Waals surface area contributed by atoms with Crippen LogP contribution < -0.4 is 49.5 Å². The summed E-state index contributed by atoms with van der Waals surface area (Å²) in [6.07, 6.45) is 0. The molecule has 0 radical (unpaired) electrons. The van der Waals surface area contributed by atoms with Crippen molar-refractivity contribution in [1.29, 1.82) is 0 Å². The lowest BCUT2D eigenvalue weighted by atomic mass is 10.4. The normalized spacial score (nSPS) is 11.8. The third kappa shape index (κ3) is 22.5. The van der Waals surface area contributed by atoms with Crippen LogP contribution in [0, 0.1) is 0 Å². The molecule has 0 spiro atoms. The van der Waals surface area contributed by atoms with Gasteiger partial charge in [-0.2, -0.15) is 0 Å². The third-order valence-electron chi connectivity index (χ3n) is 4.91. The van der Waals surface area contributed by atoms with Crippen LogP contribution in [-0.4, -0.2) is 141 Å². The minimum absolute atomic E-state index is 0.678. The molecule has 0 bridgehead atoms. The highest BCUT2D eigenvalue weighted by Crippen LogP contribution is 1.88. The van der Waals surface area contributed by atoms with Crippen LogP contribution in [0.3, 0.4) is 0 Å². The van der Waals surface area contributed by atoms with Crippen LogP contribution in [0.15, 0.2) is 0 Å². The van der Waals surface area contributed by atoms with E-state index >= 15 is 0 Å². The fourth-order valence-electron chi connectivity index (χ4n) is 3.15. The van der Waals surface area contributed by atoms with E-state index in [0.717, 1.165) is 105 Å². The van der Waals surface area contributed by atoms with Gasteiger partial charge in [0, 0.05) is 131 Å². The molecule has 0 rings (SSSR count). The van der Waals surface area contributed by atoms with E-state index in [-0.39, 0.29) is 0 Å². The van der Waals surface area contributed by atoms with Gasteiger partial charge in [0.1, 0.15) is 0 Å². The lowest BCUT2D eigenvalue weighted by Crippen LogP contribution is -2.43. The van der Waals surface area contributed by atoms with Gasteiger partial charge in [-0.15, -0.1) is 0 Å². The first-order valence-electron chi connectivity index (χ1n) is 12.1. The molecule has 0 aromatic heterocycles. The summed E-state index contributed by atoms with van der Waals surface area (Å²) in [5.41, 5.74) is 22.3. The molecule has 0 saturated carbocycles. The minimum atomic E-state index is 0.678. The Kier molecular flexibility index (Phi) is 25.5. The molecule has 0 aliphatic carbocycles. The summed E-state index contributed by atoms with van der Waals surface area (Å²) in [5.74, 6) is 0. The second-order valence-electron chi connectivity index (χ2n) is 7.59. The highest BCUT2D eigenvalue weighted by molar-refractivity contribution is 4.67. The molecule has 0 saturated heterocycles. The van der Waals surface area contributed by atoms with Gasteiger partial charge in [0.15, 0.2) is 0 Å². The van der Waals surface area contributed by atoms with Crippen LogP contribution in [0.2, 0.25) is 0 Å². The lowest BCUT2D eigenvalue weighted by Gasteiger charge is -2.24. The maximum Gasteiger partial charge on any atom is 0.0108 e. The molecule has 0 aromatic carbocycles. The van der Waals surface area contributed by atoms with E-state index in [9.17, 15) is 0 Å². The summed E-state index contributed by atoms with van der Waals surface area (Å²) >= 11 is 0. The van der Waals surface area contributed by atoms with Crippen molar-refractivity contribution in [2.75, 3.05) is 131 Å².